The molecule has 0 fully saturated rings. The van der Waals surface area contributed by atoms with Crippen LogP contribution in [-0.4, -0.2) is 18.0 Å². The van der Waals surface area contributed by atoms with Gasteiger partial charge in [-0.3, -0.25) is 10.1 Å². The molecule has 0 radical (unpaired) electrons. The van der Waals surface area contributed by atoms with Crippen LogP contribution in [0.4, 0.5) is 22.7 Å². The van der Waals surface area contributed by atoms with Gasteiger partial charge in [0.25, 0.3) is 5.69 Å². The first kappa shape index (κ1) is 15.6. The molecule has 0 amide bonds. The number of rotatable bonds is 6. The van der Waals surface area contributed by atoms with Crippen LogP contribution < -0.4 is 4.90 Å². The van der Waals surface area contributed by atoms with E-state index in [2.05, 4.69) is 29.0 Å². The molecule has 0 atom stereocenters. The minimum atomic E-state index is -0.434. The topological polar surface area (TPSA) is 71.1 Å². The lowest BCUT2D eigenvalue weighted by molar-refractivity contribution is -0.384. The van der Waals surface area contributed by atoms with Gasteiger partial charge in [0.05, 0.1) is 16.3 Å². The molecule has 0 bridgehead atoms. The molecule has 0 unspecified atom stereocenters. The molecule has 0 aliphatic carbocycles. The van der Waals surface area contributed by atoms with Gasteiger partial charge in [-0.2, -0.15) is 5.11 Å². The van der Waals surface area contributed by atoms with Gasteiger partial charge in [-0.05, 0) is 38.1 Å². The van der Waals surface area contributed by atoms with Crippen LogP contribution in [-0.2, 0) is 0 Å². The maximum atomic E-state index is 10.6. The molecule has 0 aliphatic heterocycles. The van der Waals surface area contributed by atoms with E-state index in [1.54, 1.807) is 12.1 Å². The molecule has 114 valence electrons. The van der Waals surface area contributed by atoms with Crippen LogP contribution in [0.15, 0.2) is 58.8 Å². The zero-order valence-electron chi connectivity index (χ0n) is 12.6. The Hall–Kier alpha value is -2.76. The number of benzene rings is 2. The van der Waals surface area contributed by atoms with Crippen LogP contribution in [0.5, 0.6) is 0 Å². The van der Waals surface area contributed by atoms with E-state index in [1.165, 1.54) is 12.1 Å². The number of anilines is 1. The standard InChI is InChI=1S/C16H18N4O2/c1-3-19(4-2)16-8-6-5-7-15(16)18-17-13-9-11-14(12-10-13)20(21)22/h5-12H,3-4H2,1-2H3. The average Bonchev–Trinajstić information content (AvgIpc) is 2.55. The van der Waals surface area contributed by atoms with Gasteiger partial charge in [-0.1, -0.05) is 12.1 Å². The first-order valence-corrected chi connectivity index (χ1v) is 7.15. The third-order valence-corrected chi connectivity index (χ3v) is 3.32. The summed E-state index contributed by atoms with van der Waals surface area (Å²) >= 11 is 0. The number of nitro benzene ring substituents is 1. The molecule has 0 N–H and O–H groups in total. The van der Waals surface area contributed by atoms with Crippen LogP contribution in [0.1, 0.15) is 13.8 Å². The van der Waals surface area contributed by atoms with E-state index in [0.29, 0.717) is 5.69 Å². The highest BCUT2D eigenvalue weighted by atomic mass is 16.6. The Labute approximate surface area is 129 Å². The fourth-order valence-corrected chi connectivity index (χ4v) is 2.13. The molecule has 0 aromatic heterocycles. The van der Waals surface area contributed by atoms with Crippen molar-refractivity contribution in [1.82, 2.24) is 0 Å². The van der Waals surface area contributed by atoms with Gasteiger partial charge in [0.1, 0.15) is 5.69 Å². The normalized spacial score (nSPS) is 10.8. The van der Waals surface area contributed by atoms with E-state index in [4.69, 9.17) is 0 Å². The Kier molecular flexibility index (Phi) is 5.19. The number of hydrogen-bond acceptors (Lipinski definition) is 5. The molecular weight excluding hydrogens is 280 g/mol. The number of hydrogen-bond donors (Lipinski definition) is 0. The number of nitrogens with zero attached hydrogens (tertiary/aromatic N) is 4. The minimum absolute atomic E-state index is 0.0440. The molecule has 2 aromatic carbocycles. The van der Waals surface area contributed by atoms with Crippen molar-refractivity contribution < 1.29 is 4.92 Å². The van der Waals surface area contributed by atoms with Gasteiger partial charge in [0.2, 0.25) is 0 Å². The predicted molar refractivity (Wildman–Crippen MR) is 87.3 cm³/mol. The van der Waals surface area contributed by atoms with E-state index < -0.39 is 4.92 Å². The van der Waals surface area contributed by atoms with Crippen molar-refractivity contribution in [3.8, 4) is 0 Å². The first-order valence-electron chi connectivity index (χ1n) is 7.15. The minimum Gasteiger partial charge on any atom is -0.370 e. The van der Waals surface area contributed by atoms with E-state index in [-0.39, 0.29) is 5.69 Å². The highest BCUT2D eigenvalue weighted by Gasteiger charge is 2.07. The second-order valence-corrected chi connectivity index (χ2v) is 4.63. The van der Waals surface area contributed by atoms with Gasteiger partial charge in [0.15, 0.2) is 0 Å². The summed E-state index contributed by atoms with van der Waals surface area (Å²) < 4.78 is 0. The number of non-ortho nitro benzene ring substituents is 1. The van der Waals surface area contributed by atoms with Crippen LogP contribution >= 0.6 is 0 Å². The van der Waals surface area contributed by atoms with Gasteiger partial charge in [0, 0.05) is 25.2 Å². The molecule has 6 heteroatoms. The molecule has 0 spiro atoms. The van der Waals surface area contributed by atoms with Gasteiger partial charge in [-0.25, -0.2) is 0 Å². The summed E-state index contributed by atoms with van der Waals surface area (Å²) in [7, 11) is 0. The molecule has 2 rings (SSSR count). The van der Waals surface area contributed by atoms with E-state index in [9.17, 15) is 10.1 Å². The van der Waals surface area contributed by atoms with Crippen LogP contribution in [0.25, 0.3) is 0 Å². The third kappa shape index (κ3) is 3.66. The van der Waals surface area contributed by atoms with Crippen molar-refractivity contribution in [2.45, 2.75) is 13.8 Å². The lowest BCUT2D eigenvalue weighted by Crippen LogP contribution is -2.21. The van der Waals surface area contributed by atoms with Crippen LogP contribution in [0.3, 0.4) is 0 Å². The Morgan fingerprint density at radius 3 is 2.23 bits per heavy atom. The predicted octanol–water partition coefficient (Wildman–Crippen LogP) is 4.86. The largest absolute Gasteiger partial charge is 0.370 e. The lowest BCUT2D eigenvalue weighted by atomic mass is 10.2. The van der Waals surface area contributed by atoms with Gasteiger partial charge in [-0.15, -0.1) is 5.11 Å². The van der Waals surface area contributed by atoms with Crippen LogP contribution in [0, 0.1) is 10.1 Å². The fourth-order valence-electron chi connectivity index (χ4n) is 2.13. The Bertz CT molecular complexity index is 664. The lowest BCUT2D eigenvalue weighted by Gasteiger charge is -2.22. The van der Waals surface area contributed by atoms with Crippen molar-refractivity contribution in [3.05, 3.63) is 58.6 Å². The van der Waals surface area contributed by atoms with Crippen molar-refractivity contribution in [3.63, 3.8) is 0 Å². The van der Waals surface area contributed by atoms with Crippen molar-refractivity contribution >= 4 is 22.7 Å². The quantitative estimate of drug-likeness (QED) is 0.434. The van der Waals surface area contributed by atoms with Crippen molar-refractivity contribution in [2.24, 2.45) is 10.2 Å². The summed E-state index contributed by atoms with van der Waals surface area (Å²) in [5, 5.41) is 19.1. The maximum absolute atomic E-state index is 10.6. The SMILES string of the molecule is CCN(CC)c1ccccc1N=Nc1ccc([N+](=O)[O-])cc1. The van der Waals surface area contributed by atoms with Crippen molar-refractivity contribution in [2.75, 3.05) is 18.0 Å². The number of para-hydroxylation sites is 1. The molecule has 0 aliphatic rings. The summed E-state index contributed by atoms with van der Waals surface area (Å²) in [5.74, 6) is 0. The van der Waals surface area contributed by atoms with E-state index >= 15 is 0 Å². The summed E-state index contributed by atoms with van der Waals surface area (Å²) in [4.78, 5) is 12.4. The molecule has 22 heavy (non-hydrogen) atoms. The zero-order valence-corrected chi connectivity index (χ0v) is 12.6. The second kappa shape index (κ2) is 7.31. The summed E-state index contributed by atoms with van der Waals surface area (Å²) in [6.07, 6.45) is 0. The maximum Gasteiger partial charge on any atom is 0.269 e. The fraction of sp³-hybridized carbons (Fsp3) is 0.250. The van der Waals surface area contributed by atoms with E-state index in [1.807, 2.05) is 24.3 Å². The molecular formula is C16H18N4O2. The smallest absolute Gasteiger partial charge is 0.269 e. The summed E-state index contributed by atoms with van der Waals surface area (Å²) in [5.41, 5.74) is 2.44. The molecule has 2 aromatic rings. The highest BCUT2D eigenvalue weighted by Crippen LogP contribution is 2.30. The molecule has 0 heterocycles. The third-order valence-electron chi connectivity index (χ3n) is 3.32. The summed E-state index contributed by atoms with van der Waals surface area (Å²) in [6.45, 7) is 5.96. The Morgan fingerprint density at radius 2 is 1.64 bits per heavy atom. The van der Waals surface area contributed by atoms with Crippen LogP contribution in [0.2, 0.25) is 0 Å². The molecule has 6 nitrogen and oxygen atoms in total. The van der Waals surface area contributed by atoms with Crippen molar-refractivity contribution in [1.29, 1.82) is 0 Å². The number of azo groups is 1. The van der Waals surface area contributed by atoms with Gasteiger partial charge < -0.3 is 4.90 Å². The molecule has 0 saturated heterocycles. The molecule has 0 saturated carbocycles. The van der Waals surface area contributed by atoms with E-state index in [0.717, 1.165) is 24.5 Å². The Balaban J connectivity index is 2.24. The summed E-state index contributed by atoms with van der Waals surface area (Å²) in [6, 6.07) is 13.8. The first-order chi connectivity index (χ1) is 10.7. The van der Waals surface area contributed by atoms with Gasteiger partial charge >= 0.3 is 0 Å². The highest BCUT2D eigenvalue weighted by molar-refractivity contribution is 5.66. The number of nitro groups is 1. The second-order valence-electron chi connectivity index (χ2n) is 4.63. The zero-order chi connectivity index (χ0) is 15.9. The average molecular weight is 298 g/mol. The monoisotopic (exact) mass is 298 g/mol. The Morgan fingerprint density at radius 1 is 1.00 bits per heavy atom.